The van der Waals surface area contributed by atoms with Gasteiger partial charge in [0.1, 0.15) is 0 Å². The molecule has 0 aliphatic heterocycles. The van der Waals surface area contributed by atoms with Crippen LogP contribution in [0.4, 0.5) is 0 Å². The van der Waals surface area contributed by atoms with E-state index < -0.39 is 0 Å². The maximum absolute atomic E-state index is 9.96. The van der Waals surface area contributed by atoms with Crippen molar-refractivity contribution in [3.05, 3.63) is 125 Å². The van der Waals surface area contributed by atoms with Gasteiger partial charge in [0.05, 0.1) is 47.5 Å². The van der Waals surface area contributed by atoms with E-state index in [4.69, 9.17) is 5.26 Å². The second-order valence-corrected chi connectivity index (χ2v) is 9.00. The van der Waals surface area contributed by atoms with E-state index in [9.17, 15) is 5.26 Å². The van der Waals surface area contributed by atoms with E-state index >= 15 is 0 Å². The van der Waals surface area contributed by atoms with Crippen LogP contribution >= 0.6 is 0 Å². The number of aromatic nitrogens is 2. The third kappa shape index (κ3) is 4.36. The van der Waals surface area contributed by atoms with Crippen LogP contribution in [0.15, 0.2) is 97.5 Å². The molecule has 1 aromatic heterocycles. The van der Waals surface area contributed by atoms with Gasteiger partial charge in [-0.3, -0.25) is 4.90 Å². The zero-order valence-electron chi connectivity index (χ0n) is 20.3. The first-order chi connectivity index (χ1) is 17.6. The van der Waals surface area contributed by atoms with Gasteiger partial charge in [0, 0.05) is 19.2 Å². The summed E-state index contributed by atoms with van der Waals surface area (Å²) in [6, 6.07) is 32.8. The molecule has 0 amide bonds. The Labute approximate surface area is 211 Å². The van der Waals surface area contributed by atoms with Crippen LogP contribution in [-0.4, -0.2) is 21.5 Å². The van der Waals surface area contributed by atoms with E-state index in [0.717, 1.165) is 38.7 Å². The van der Waals surface area contributed by atoms with Crippen LogP contribution in [0.5, 0.6) is 0 Å². The smallest absolute Gasteiger partial charge is 0.0998 e. The molecule has 1 heterocycles. The van der Waals surface area contributed by atoms with Crippen molar-refractivity contribution in [2.24, 2.45) is 7.05 Å². The molecule has 0 radical (unpaired) electrons. The summed E-state index contributed by atoms with van der Waals surface area (Å²) in [7, 11) is 4.09. The van der Waals surface area contributed by atoms with Gasteiger partial charge in [0.25, 0.3) is 0 Å². The molecule has 0 fully saturated rings. The standard InChI is InChI=1S/C31H25N5/c1-35(20-23-12-10-22(17-32)11-13-23)31(30-19-34-21-36(30)2)25-14-15-26(18-33)29(16-25)28-9-5-7-24-6-3-4-8-27(24)28/h3-16,19,21,31H,20H2,1-2H3. The summed E-state index contributed by atoms with van der Waals surface area (Å²) in [5, 5.41) is 21.4. The molecule has 5 heteroatoms. The SMILES string of the molecule is CN(Cc1ccc(C#N)cc1)C(c1ccc(C#N)c(-c2cccc3ccccc23)c1)c1cncn1C. The van der Waals surface area contributed by atoms with Gasteiger partial charge in [0.2, 0.25) is 0 Å². The quantitative estimate of drug-likeness (QED) is 0.298. The molecule has 36 heavy (non-hydrogen) atoms. The van der Waals surface area contributed by atoms with Gasteiger partial charge in [-0.2, -0.15) is 10.5 Å². The van der Waals surface area contributed by atoms with Gasteiger partial charge < -0.3 is 4.57 Å². The van der Waals surface area contributed by atoms with Crippen LogP contribution in [0.1, 0.15) is 34.0 Å². The fraction of sp³-hybridized carbons (Fsp3) is 0.129. The van der Waals surface area contributed by atoms with Crippen molar-refractivity contribution in [2.75, 3.05) is 7.05 Å². The second kappa shape index (κ2) is 9.88. The second-order valence-electron chi connectivity index (χ2n) is 9.00. The highest BCUT2D eigenvalue weighted by molar-refractivity contribution is 5.97. The highest BCUT2D eigenvalue weighted by Crippen LogP contribution is 2.36. The van der Waals surface area contributed by atoms with Crippen LogP contribution < -0.4 is 0 Å². The normalized spacial score (nSPS) is 11.8. The maximum Gasteiger partial charge on any atom is 0.0998 e. The fourth-order valence-electron chi connectivity index (χ4n) is 4.86. The van der Waals surface area contributed by atoms with Crippen molar-refractivity contribution in [3.8, 4) is 23.3 Å². The van der Waals surface area contributed by atoms with Crippen molar-refractivity contribution in [1.29, 1.82) is 10.5 Å². The number of nitriles is 2. The van der Waals surface area contributed by atoms with E-state index in [-0.39, 0.29) is 6.04 Å². The van der Waals surface area contributed by atoms with Crippen LogP contribution in [0.2, 0.25) is 0 Å². The number of aryl methyl sites for hydroxylation is 1. The van der Waals surface area contributed by atoms with E-state index in [0.29, 0.717) is 17.7 Å². The number of hydrogen-bond donors (Lipinski definition) is 0. The molecule has 1 unspecified atom stereocenters. The topological polar surface area (TPSA) is 68.6 Å². The number of hydrogen-bond acceptors (Lipinski definition) is 4. The lowest BCUT2D eigenvalue weighted by molar-refractivity contribution is 0.262. The first-order valence-electron chi connectivity index (χ1n) is 11.8. The molecule has 174 valence electrons. The molecular formula is C31H25N5. The minimum absolute atomic E-state index is 0.0883. The van der Waals surface area contributed by atoms with E-state index in [1.807, 2.05) is 78.7 Å². The minimum atomic E-state index is -0.0883. The van der Waals surface area contributed by atoms with Crippen molar-refractivity contribution >= 4 is 10.8 Å². The lowest BCUT2D eigenvalue weighted by atomic mass is 9.91. The third-order valence-corrected chi connectivity index (χ3v) is 6.65. The van der Waals surface area contributed by atoms with Gasteiger partial charge in [-0.25, -0.2) is 4.98 Å². The van der Waals surface area contributed by atoms with Gasteiger partial charge in [-0.1, -0.05) is 60.7 Å². The van der Waals surface area contributed by atoms with Gasteiger partial charge in [0.15, 0.2) is 0 Å². The van der Waals surface area contributed by atoms with E-state index in [1.165, 1.54) is 0 Å². The Morgan fingerprint density at radius 2 is 1.67 bits per heavy atom. The number of fused-ring (bicyclic) bond motifs is 1. The first-order valence-corrected chi connectivity index (χ1v) is 11.8. The van der Waals surface area contributed by atoms with Crippen LogP contribution in [0, 0.1) is 22.7 Å². The minimum Gasteiger partial charge on any atom is -0.336 e. The number of nitrogens with zero attached hydrogens (tertiary/aromatic N) is 5. The molecule has 0 saturated heterocycles. The molecule has 0 bridgehead atoms. The number of benzene rings is 4. The lowest BCUT2D eigenvalue weighted by Crippen LogP contribution is -2.27. The summed E-state index contributed by atoms with van der Waals surface area (Å²) in [4.78, 5) is 6.65. The zero-order valence-corrected chi connectivity index (χ0v) is 20.3. The Hall–Kier alpha value is -4.71. The van der Waals surface area contributed by atoms with E-state index in [1.54, 1.807) is 0 Å². The molecule has 0 saturated carbocycles. The van der Waals surface area contributed by atoms with Crippen molar-refractivity contribution < 1.29 is 0 Å². The Morgan fingerprint density at radius 1 is 0.889 bits per heavy atom. The molecular weight excluding hydrogens is 442 g/mol. The molecule has 0 aliphatic rings. The van der Waals surface area contributed by atoms with Gasteiger partial charge >= 0.3 is 0 Å². The Morgan fingerprint density at radius 3 is 2.39 bits per heavy atom. The Balaban J connectivity index is 1.62. The highest BCUT2D eigenvalue weighted by Gasteiger charge is 2.24. The summed E-state index contributed by atoms with van der Waals surface area (Å²) < 4.78 is 2.04. The van der Waals surface area contributed by atoms with E-state index in [2.05, 4.69) is 59.4 Å². The van der Waals surface area contributed by atoms with Crippen molar-refractivity contribution in [3.63, 3.8) is 0 Å². The van der Waals surface area contributed by atoms with Gasteiger partial charge in [-0.15, -0.1) is 0 Å². The summed E-state index contributed by atoms with van der Waals surface area (Å²) in [6.07, 6.45) is 3.71. The summed E-state index contributed by atoms with van der Waals surface area (Å²) in [6.45, 7) is 0.686. The van der Waals surface area contributed by atoms with Crippen molar-refractivity contribution in [2.45, 2.75) is 12.6 Å². The largest absolute Gasteiger partial charge is 0.336 e. The molecule has 0 aliphatic carbocycles. The zero-order chi connectivity index (χ0) is 25.1. The molecule has 0 N–H and O–H groups in total. The summed E-state index contributed by atoms with van der Waals surface area (Å²) in [5.41, 5.74) is 6.52. The Bertz CT molecular complexity index is 1610. The number of rotatable bonds is 6. The summed E-state index contributed by atoms with van der Waals surface area (Å²) in [5.74, 6) is 0. The predicted molar refractivity (Wildman–Crippen MR) is 142 cm³/mol. The lowest BCUT2D eigenvalue weighted by Gasteiger charge is -2.29. The van der Waals surface area contributed by atoms with Crippen LogP contribution in [0.25, 0.3) is 21.9 Å². The van der Waals surface area contributed by atoms with Crippen LogP contribution in [0.3, 0.4) is 0 Å². The first kappa shape index (κ1) is 23.1. The van der Waals surface area contributed by atoms with Crippen LogP contribution in [-0.2, 0) is 13.6 Å². The Kier molecular flexibility index (Phi) is 6.33. The molecule has 5 nitrogen and oxygen atoms in total. The molecule has 4 aromatic carbocycles. The summed E-state index contributed by atoms with van der Waals surface area (Å²) >= 11 is 0. The third-order valence-electron chi connectivity index (χ3n) is 6.65. The molecule has 5 rings (SSSR count). The molecule has 0 spiro atoms. The predicted octanol–water partition coefficient (Wildman–Crippen LogP) is 6.21. The fourth-order valence-corrected chi connectivity index (χ4v) is 4.86. The average Bonchev–Trinajstić information content (AvgIpc) is 3.34. The number of imidazole rings is 1. The molecule has 1 atom stereocenters. The highest BCUT2D eigenvalue weighted by atomic mass is 15.2. The molecule has 5 aromatic rings. The van der Waals surface area contributed by atoms with Gasteiger partial charge in [-0.05, 0) is 58.8 Å². The maximum atomic E-state index is 9.96. The average molecular weight is 468 g/mol. The monoisotopic (exact) mass is 467 g/mol. The van der Waals surface area contributed by atoms with Crippen molar-refractivity contribution in [1.82, 2.24) is 14.5 Å².